The summed E-state index contributed by atoms with van der Waals surface area (Å²) < 4.78 is 70.7. The Labute approximate surface area is 182 Å². The van der Waals surface area contributed by atoms with Gasteiger partial charge in [0.2, 0.25) is 10.0 Å². The second-order valence-corrected chi connectivity index (χ2v) is 11.9. The van der Waals surface area contributed by atoms with Crippen LogP contribution in [0.1, 0.15) is 0 Å². The van der Waals surface area contributed by atoms with Gasteiger partial charge < -0.3 is 4.74 Å². The third-order valence-electron chi connectivity index (χ3n) is 4.76. The maximum absolute atomic E-state index is 14.0. The summed E-state index contributed by atoms with van der Waals surface area (Å²) in [6, 6.07) is 5.60. The summed E-state index contributed by atoms with van der Waals surface area (Å²) in [5.74, 6) is -1.60. The fourth-order valence-electron chi connectivity index (χ4n) is 3.17. The molecule has 3 rings (SSSR count). The molecular formula is C17H20FN3O7S3. The largest absolute Gasteiger partial charge is 0.494 e. The number of sulfonamides is 2. The van der Waals surface area contributed by atoms with Gasteiger partial charge in [-0.1, -0.05) is 0 Å². The van der Waals surface area contributed by atoms with Crippen molar-refractivity contribution >= 4 is 37.3 Å². The van der Waals surface area contributed by atoms with Crippen molar-refractivity contribution in [2.45, 2.75) is 10.3 Å². The van der Waals surface area contributed by atoms with Gasteiger partial charge in [0.25, 0.3) is 15.9 Å². The van der Waals surface area contributed by atoms with Crippen molar-refractivity contribution < 1.29 is 36.0 Å². The van der Waals surface area contributed by atoms with E-state index < -0.39 is 44.4 Å². The van der Waals surface area contributed by atoms with Crippen LogP contribution in [-0.2, 0) is 24.8 Å². The van der Waals surface area contributed by atoms with E-state index in [1.165, 1.54) is 36.9 Å². The average molecular weight is 494 g/mol. The molecule has 1 atom stereocenters. The zero-order valence-corrected chi connectivity index (χ0v) is 18.9. The van der Waals surface area contributed by atoms with Crippen LogP contribution in [0.3, 0.4) is 0 Å². The predicted octanol–water partition coefficient (Wildman–Crippen LogP) is 0.703. The number of hydrogen-bond donors (Lipinski definition) is 2. The quantitative estimate of drug-likeness (QED) is 0.447. The molecule has 1 amide bonds. The minimum atomic E-state index is -4.21. The highest BCUT2D eigenvalue weighted by atomic mass is 32.2. The van der Waals surface area contributed by atoms with Crippen molar-refractivity contribution in [3.05, 3.63) is 36.1 Å². The number of nitrogens with zero attached hydrogens (tertiary/aromatic N) is 2. The van der Waals surface area contributed by atoms with Crippen molar-refractivity contribution in [2.75, 3.05) is 33.0 Å². The highest BCUT2D eigenvalue weighted by molar-refractivity contribution is 7.91. The number of methoxy groups -OCH3 is 1. The van der Waals surface area contributed by atoms with Crippen LogP contribution in [-0.4, -0.2) is 75.6 Å². The Morgan fingerprint density at radius 1 is 1.23 bits per heavy atom. The molecule has 1 aliphatic heterocycles. The second-order valence-electron chi connectivity index (χ2n) is 6.70. The number of thiophene rings is 1. The molecule has 2 N–H and O–H groups in total. The van der Waals surface area contributed by atoms with E-state index in [-0.39, 0.29) is 23.0 Å². The van der Waals surface area contributed by atoms with Crippen LogP contribution in [0.5, 0.6) is 5.75 Å². The molecule has 0 unspecified atom stereocenters. The number of amides is 1. The zero-order valence-electron chi connectivity index (χ0n) is 16.5. The summed E-state index contributed by atoms with van der Waals surface area (Å²) >= 11 is 0.873. The molecule has 14 heteroatoms. The SMILES string of the molecule is COc1ccc(-c2ccc(S(=O)(=O)N3CCN(S(C)(=O)=O)C[C@@H]3C(=O)NO)s2)cc1F. The van der Waals surface area contributed by atoms with Crippen LogP contribution >= 0.6 is 11.3 Å². The number of hydroxylamine groups is 1. The second kappa shape index (κ2) is 8.80. The number of piperazine rings is 1. The Kier molecular flexibility index (Phi) is 6.69. The standard InChI is InChI=1S/C17H20FN3O7S3/c1-28-14-4-3-11(9-12(14)18)15-5-6-16(29-15)31(26,27)21-8-7-20(30(2,24)25)10-13(21)17(22)19-23/h3-6,9,13,23H,7-8,10H2,1-2H3,(H,19,22)/t13-/m1/s1. The summed E-state index contributed by atoms with van der Waals surface area (Å²) in [5.41, 5.74) is 1.83. The normalized spacial score (nSPS) is 18.6. The fraction of sp³-hybridized carbons (Fsp3) is 0.353. The molecule has 10 nitrogen and oxygen atoms in total. The summed E-state index contributed by atoms with van der Waals surface area (Å²) in [6.07, 6.45) is 0.949. The lowest BCUT2D eigenvalue weighted by atomic mass is 10.2. The van der Waals surface area contributed by atoms with Gasteiger partial charge in [0.15, 0.2) is 11.6 Å². The van der Waals surface area contributed by atoms with Gasteiger partial charge in [-0.05, 0) is 35.9 Å². The smallest absolute Gasteiger partial charge is 0.263 e. The van der Waals surface area contributed by atoms with Crippen molar-refractivity contribution in [3.8, 4) is 16.2 Å². The molecule has 170 valence electrons. The number of carbonyl (C=O) groups excluding carboxylic acids is 1. The molecular weight excluding hydrogens is 473 g/mol. The predicted molar refractivity (Wildman–Crippen MR) is 110 cm³/mol. The van der Waals surface area contributed by atoms with Gasteiger partial charge in [-0.3, -0.25) is 10.0 Å². The van der Waals surface area contributed by atoms with E-state index in [1.54, 1.807) is 6.07 Å². The molecule has 0 radical (unpaired) electrons. The van der Waals surface area contributed by atoms with Gasteiger partial charge >= 0.3 is 0 Å². The van der Waals surface area contributed by atoms with Crippen molar-refractivity contribution in [3.63, 3.8) is 0 Å². The topological polar surface area (TPSA) is 133 Å². The molecule has 31 heavy (non-hydrogen) atoms. The Balaban J connectivity index is 1.93. The molecule has 1 aromatic carbocycles. The van der Waals surface area contributed by atoms with Crippen LogP contribution in [0.25, 0.3) is 10.4 Å². The maximum atomic E-state index is 14.0. The third kappa shape index (κ3) is 4.73. The Bertz CT molecular complexity index is 1200. The number of carbonyl (C=O) groups is 1. The number of ether oxygens (including phenoxy) is 1. The molecule has 1 aromatic heterocycles. The summed E-state index contributed by atoms with van der Waals surface area (Å²) in [6.45, 7) is -0.862. The van der Waals surface area contributed by atoms with E-state index in [1.807, 2.05) is 0 Å². The molecule has 0 saturated carbocycles. The van der Waals surface area contributed by atoms with Crippen molar-refractivity contribution in [1.82, 2.24) is 14.1 Å². The van der Waals surface area contributed by atoms with Gasteiger partial charge in [-0.2, -0.15) is 8.61 Å². The first-order valence-electron chi connectivity index (χ1n) is 8.83. The number of rotatable bonds is 6. The van der Waals surface area contributed by atoms with Crippen molar-refractivity contribution in [2.24, 2.45) is 0 Å². The van der Waals surface area contributed by atoms with Crippen LogP contribution in [0.4, 0.5) is 4.39 Å². The molecule has 2 aromatic rings. The van der Waals surface area contributed by atoms with E-state index in [4.69, 9.17) is 9.94 Å². The van der Waals surface area contributed by atoms with Crippen LogP contribution < -0.4 is 10.2 Å². The Morgan fingerprint density at radius 3 is 2.52 bits per heavy atom. The fourth-order valence-corrected chi connectivity index (χ4v) is 6.99. The molecule has 1 aliphatic rings. The first kappa shape index (κ1) is 23.6. The van der Waals surface area contributed by atoms with E-state index in [9.17, 15) is 26.0 Å². The molecule has 1 saturated heterocycles. The lowest BCUT2D eigenvalue weighted by Gasteiger charge is -2.37. The number of benzene rings is 1. The van der Waals surface area contributed by atoms with Gasteiger partial charge in [-0.25, -0.2) is 26.7 Å². The minimum Gasteiger partial charge on any atom is -0.494 e. The number of nitrogens with one attached hydrogen (secondary N) is 1. The highest BCUT2D eigenvalue weighted by Gasteiger charge is 2.42. The highest BCUT2D eigenvalue weighted by Crippen LogP contribution is 2.35. The van der Waals surface area contributed by atoms with E-state index in [0.29, 0.717) is 10.4 Å². The van der Waals surface area contributed by atoms with Crippen LogP contribution in [0, 0.1) is 5.82 Å². The maximum Gasteiger partial charge on any atom is 0.263 e. The molecule has 2 heterocycles. The Hall–Kier alpha value is -2.10. The molecule has 0 bridgehead atoms. The average Bonchev–Trinajstić information content (AvgIpc) is 3.23. The molecule has 0 spiro atoms. The van der Waals surface area contributed by atoms with Gasteiger partial charge in [0.1, 0.15) is 10.3 Å². The van der Waals surface area contributed by atoms with E-state index >= 15 is 0 Å². The van der Waals surface area contributed by atoms with E-state index in [2.05, 4.69) is 0 Å². The summed E-state index contributed by atoms with van der Waals surface area (Å²) in [7, 11) is -6.54. The molecule has 0 aliphatic carbocycles. The van der Waals surface area contributed by atoms with Gasteiger partial charge in [0.05, 0.1) is 13.4 Å². The van der Waals surface area contributed by atoms with E-state index in [0.717, 1.165) is 26.2 Å². The lowest BCUT2D eigenvalue weighted by molar-refractivity contribution is -0.134. The monoisotopic (exact) mass is 493 g/mol. The van der Waals surface area contributed by atoms with Gasteiger partial charge in [0, 0.05) is 24.5 Å². The number of hydrogen-bond acceptors (Lipinski definition) is 8. The first-order valence-corrected chi connectivity index (χ1v) is 12.9. The number of halogens is 1. The lowest BCUT2D eigenvalue weighted by Crippen LogP contribution is -2.60. The molecule has 1 fully saturated rings. The van der Waals surface area contributed by atoms with Crippen LogP contribution in [0.15, 0.2) is 34.5 Å². The van der Waals surface area contributed by atoms with Crippen LogP contribution in [0.2, 0.25) is 0 Å². The zero-order chi connectivity index (χ0) is 23.0. The minimum absolute atomic E-state index is 0.0507. The Morgan fingerprint density at radius 2 is 1.94 bits per heavy atom. The first-order chi connectivity index (χ1) is 14.5. The summed E-state index contributed by atoms with van der Waals surface area (Å²) in [4.78, 5) is 12.6. The summed E-state index contributed by atoms with van der Waals surface area (Å²) in [5, 5.41) is 9.02. The van der Waals surface area contributed by atoms with Gasteiger partial charge in [-0.15, -0.1) is 11.3 Å². The third-order valence-corrected chi connectivity index (χ3v) is 9.54. The van der Waals surface area contributed by atoms with Crippen molar-refractivity contribution in [1.29, 1.82) is 0 Å².